The molecule has 0 amide bonds. The molecule has 0 spiro atoms. The van der Waals surface area contributed by atoms with Gasteiger partial charge in [0.2, 0.25) is 5.78 Å². The molecule has 0 saturated heterocycles. The molecule has 1 atom stereocenters. The number of carbonyl (C=O) groups is 1. The molecule has 0 aliphatic rings. The lowest BCUT2D eigenvalue weighted by Gasteiger charge is -2.14. The normalized spacial score (nSPS) is 13.1. The Labute approximate surface area is 115 Å². The van der Waals surface area contributed by atoms with Gasteiger partial charge in [0.05, 0.1) is 11.1 Å². The van der Waals surface area contributed by atoms with Gasteiger partial charge in [-0.2, -0.15) is 8.42 Å². The Kier molecular flexibility index (Phi) is 4.14. The molecular weight excluding hydrogens is 284 g/mol. The van der Waals surface area contributed by atoms with Gasteiger partial charge in [0.1, 0.15) is 0 Å². The van der Waals surface area contributed by atoms with E-state index >= 15 is 0 Å². The highest BCUT2D eigenvalue weighted by molar-refractivity contribution is 7.86. The minimum absolute atomic E-state index is 0.355. The molecule has 0 N–H and O–H groups in total. The first-order valence-electron chi connectivity index (χ1n) is 5.48. The molecule has 0 fully saturated rings. The van der Waals surface area contributed by atoms with Crippen LogP contribution < -0.4 is 0 Å². The molecule has 4 nitrogen and oxygen atoms in total. The van der Waals surface area contributed by atoms with Gasteiger partial charge in [-0.1, -0.05) is 36.4 Å². The number of ketones is 1. The highest BCUT2D eigenvalue weighted by Gasteiger charge is 2.27. The molecule has 2 aromatic rings. The van der Waals surface area contributed by atoms with Crippen LogP contribution in [0.15, 0.2) is 47.8 Å². The maximum absolute atomic E-state index is 12.3. The first-order valence-corrected chi connectivity index (χ1v) is 8.18. The topological polar surface area (TPSA) is 60.4 Å². The van der Waals surface area contributed by atoms with Gasteiger partial charge in [-0.25, -0.2) is 0 Å². The smallest absolute Gasteiger partial charge is 0.265 e. The number of carbonyl (C=O) groups excluding carboxylic acids is 1. The van der Waals surface area contributed by atoms with E-state index in [-0.39, 0.29) is 5.78 Å². The van der Waals surface area contributed by atoms with Crippen LogP contribution in [0.2, 0.25) is 0 Å². The molecule has 0 saturated carbocycles. The third-order valence-corrected chi connectivity index (χ3v) is 3.80. The van der Waals surface area contributed by atoms with Crippen molar-refractivity contribution in [3.05, 3.63) is 58.3 Å². The molecule has 1 aromatic heterocycles. The minimum Gasteiger partial charge on any atom is -0.290 e. The quantitative estimate of drug-likeness (QED) is 0.628. The Morgan fingerprint density at radius 2 is 1.84 bits per heavy atom. The highest BCUT2D eigenvalue weighted by Crippen LogP contribution is 2.26. The first kappa shape index (κ1) is 13.9. The third-order valence-electron chi connectivity index (χ3n) is 2.38. The average Bonchev–Trinajstić information content (AvgIpc) is 2.89. The van der Waals surface area contributed by atoms with Crippen molar-refractivity contribution < 1.29 is 17.4 Å². The van der Waals surface area contributed by atoms with Gasteiger partial charge in [0.15, 0.2) is 6.10 Å². The number of benzene rings is 1. The Morgan fingerprint density at radius 3 is 2.37 bits per heavy atom. The predicted molar refractivity (Wildman–Crippen MR) is 73.8 cm³/mol. The van der Waals surface area contributed by atoms with Crippen molar-refractivity contribution in [1.29, 1.82) is 0 Å². The monoisotopic (exact) mass is 296 g/mol. The second kappa shape index (κ2) is 5.64. The fraction of sp³-hybridized carbons (Fsp3) is 0.154. The third kappa shape index (κ3) is 3.73. The molecule has 1 unspecified atom stereocenters. The summed E-state index contributed by atoms with van der Waals surface area (Å²) in [6, 6.07) is 12.0. The summed E-state index contributed by atoms with van der Waals surface area (Å²) in [5.74, 6) is -0.355. The van der Waals surface area contributed by atoms with E-state index in [2.05, 4.69) is 0 Å². The SMILES string of the molecule is CS(=O)(=O)OC(C(=O)c1cccs1)c1ccccc1. The number of hydrogen-bond donors (Lipinski definition) is 0. The van der Waals surface area contributed by atoms with Gasteiger partial charge in [0, 0.05) is 0 Å². The molecule has 19 heavy (non-hydrogen) atoms. The second-order valence-electron chi connectivity index (χ2n) is 3.93. The lowest BCUT2D eigenvalue weighted by molar-refractivity contribution is 0.0807. The Morgan fingerprint density at radius 1 is 1.16 bits per heavy atom. The van der Waals surface area contributed by atoms with Gasteiger partial charge in [-0.05, 0) is 17.0 Å². The largest absolute Gasteiger partial charge is 0.290 e. The number of hydrogen-bond acceptors (Lipinski definition) is 5. The summed E-state index contributed by atoms with van der Waals surface area (Å²) in [6.07, 6.45) is -0.195. The molecule has 0 radical (unpaired) electrons. The molecule has 2 rings (SSSR count). The van der Waals surface area contributed by atoms with Crippen LogP contribution >= 0.6 is 11.3 Å². The van der Waals surface area contributed by atoms with Gasteiger partial charge < -0.3 is 0 Å². The Balaban J connectivity index is 2.38. The summed E-state index contributed by atoms with van der Waals surface area (Å²) < 4.78 is 27.6. The fourth-order valence-corrected chi connectivity index (χ4v) is 2.83. The summed E-state index contributed by atoms with van der Waals surface area (Å²) in [4.78, 5) is 12.8. The molecule has 0 aliphatic carbocycles. The van der Waals surface area contributed by atoms with E-state index in [1.54, 1.807) is 47.8 Å². The molecule has 100 valence electrons. The van der Waals surface area contributed by atoms with E-state index in [0.717, 1.165) is 6.26 Å². The van der Waals surface area contributed by atoms with Crippen molar-refractivity contribution in [2.24, 2.45) is 0 Å². The van der Waals surface area contributed by atoms with E-state index in [4.69, 9.17) is 4.18 Å². The molecule has 1 heterocycles. The molecule has 0 bridgehead atoms. The van der Waals surface area contributed by atoms with E-state index in [0.29, 0.717) is 10.4 Å². The number of thiophene rings is 1. The lowest BCUT2D eigenvalue weighted by Crippen LogP contribution is -2.19. The van der Waals surface area contributed by atoms with Crippen molar-refractivity contribution in [2.45, 2.75) is 6.10 Å². The molecule has 1 aromatic carbocycles. The zero-order valence-corrected chi connectivity index (χ0v) is 11.8. The molecule has 6 heteroatoms. The van der Waals surface area contributed by atoms with Gasteiger partial charge in [-0.15, -0.1) is 11.3 Å². The standard InChI is InChI=1S/C13H12O4S2/c1-19(15,16)17-13(10-6-3-2-4-7-10)12(14)11-8-5-9-18-11/h2-9,13H,1H3. The van der Waals surface area contributed by atoms with Gasteiger partial charge in [-0.3, -0.25) is 8.98 Å². The highest BCUT2D eigenvalue weighted by atomic mass is 32.2. The fourth-order valence-electron chi connectivity index (χ4n) is 1.60. The first-order chi connectivity index (χ1) is 8.97. The molecule has 0 aliphatic heterocycles. The van der Waals surface area contributed by atoms with E-state index in [9.17, 15) is 13.2 Å². The van der Waals surface area contributed by atoms with E-state index in [1.807, 2.05) is 0 Å². The van der Waals surface area contributed by atoms with Crippen LogP contribution in [0.3, 0.4) is 0 Å². The van der Waals surface area contributed by atoms with E-state index < -0.39 is 16.2 Å². The average molecular weight is 296 g/mol. The van der Waals surface area contributed by atoms with Crippen molar-refractivity contribution >= 4 is 27.2 Å². The zero-order valence-electron chi connectivity index (χ0n) is 10.1. The van der Waals surface area contributed by atoms with Crippen LogP contribution in [-0.4, -0.2) is 20.5 Å². The van der Waals surface area contributed by atoms with Crippen LogP contribution in [0.5, 0.6) is 0 Å². The molecular formula is C13H12O4S2. The predicted octanol–water partition coefficient (Wildman–Crippen LogP) is 2.65. The van der Waals surface area contributed by atoms with E-state index in [1.165, 1.54) is 11.3 Å². The van der Waals surface area contributed by atoms with Crippen molar-refractivity contribution in [1.82, 2.24) is 0 Å². The Hall–Kier alpha value is -1.50. The van der Waals surface area contributed by atoms with Crippen molar-refractivity contribution in [3.8, 4) is 0 Å². The van der Waals surface area contributed by atoms with Crippen LogP contribution in [-0.2, 0) is 14.3 Å². The van der Waals surface area contributed by atoms with Crippen LogP contribution in [0.4, 0.5) is 0 Å². The number of rotatable bonds is 5. The second-order valence-corrected chi connectivity index (χ2v) is 6.48. The van der Waals surface area contributed by atoms with Crippen molar-refractivity contribution in [3.63, 3.8) is 0 Å². The number of Topliss-reactive ketones (excluding diaryl/α,β-unsaturated/α-hetero) is 1. The zero-order chi connectivity index (χ0) is 13.9. The maximum atomic E-state index is 12.3. The minimum atomic E-state index is -3.72. The summed E-state index contributed by atoms with van der Waals surface area (Å²) in [7, 11) is -3.72. The lowest BCUT2D eigenvalue weighted by atomic mass is 10.1. The summed E-state index contributed by atoms with van der Waals surface area (Å²) in [5, 5.41) is 1.76. The summed E-state index contributed by atoms with van der Waals surface area (Å²) in [6.45, 7) is 0. The maximum Gasteiger partial charge on any atom is 0.265 e. The van der Waals surface area contributed by atoms with Crippen molar-refractivity contribution in [2.75, 3.05) is 6.26 Å². The Bertz CT molecular complexity index is 645. The van der Waals surface area contributed by atoms with Crippen LogP contribution in [0, 0.1) is 0 Å². The van der Waals surface area contributed by atoms with Crippen LogP contribution in [0.25, 0.3) is 0 Å². The van der Waals surface area contributed by atoms with Crippen LogP contribution in [0.1, 0.15) is 21.3 Å². The van der Waals surface area contributed by atoms with Gasteiger partial charge >= 0.3 is 0 Å². The van der Waals surface area contributed by atoms with Gasteiger partial charge in [0.25, 0.3) is 10.1 Å². The summed E-state index contributed by atoms with van der Waals surface area (Å²) in [5.41, 5.74) is 0.520. The summed E-state index contributed by atoms with van der Waals surface area (Å²) >= 11 is 1.26.